The standard InChI is InChI=1S/C11H21N3OS/c1-9-4-3-7-14(8-9)11(15)13-6-2-5-10(12)16/h9H,2-8H2,1H3,(H2,12,16)(H,13,15). The fraction of sp³-hybridized carbons (Fsp3) is 0.818. The van der Waals surface area contributed by atoms with Gasteiger partial charge >= 0.3 is 6.03 Å². The van der Waals surface area contributed by atoms with Crippen LogP contribution < -0.4 is 11.1 Å². The Bertz CT molecular complexity index is 258. The molecule has 5 heteroatoms. The van der Waals surface area contributed by atoms with Crippen molar-refractivity contribution in [1.82, 2.24) is 10.2 Å². The molecule has 1 heterocycles. The molecule has 1 atom stereocenters. The van der Waals surface area contributed by atoms with Crippen molar-refractivity contribution in [2.24, 2.45) is 11.7 Å². The third kappa shape index (κ3) is 4.79. The molecular weight excluding hydrogens is 222 g/mol. The van der Waals surface area contributed by atoms with Gasteiger partial charge in [-0.05, 0) is 31.6 Å². The number of amides is 2. The molecule has 4 nitrogen and oxygen atoms in total. The summed E-state index contributed by atoms with van der Waals surface area (Å²) in [5, 5.41) is 2.90. The van der Waals surface area contributed by atoms with Crippen LogP contribution in [0.2, 0.25) is 0 Å². The third-order valence-electron chi connectivity index (χ3n) is 2.82. The van der Waals surface area contributed by atoms with Gasteiger partial charge in [-0.25, -0.2) is 4.79 Å². The largest absolute Gasteiger partial charge is 0.393 e. The molecule has 0 aromatic carbocycles. The van der Waals surface area contributed by atoms with Crippen LogP contribution in [0.3, 0.4) is 0 Å². The fourth-order valence-electron chi connectivity index (χ4n) is 1.94. The number of likely N-dealkylation sites (tertiary alicyclic amines) is 1. The Balaban J connectivity index is 2.16. The maximum atomic E-state index is 11.7. The second-order valence-electron chi connectivity index (χ2n) is 4.50. The molecule has 1 aliphatic rings. The van der Waals surface area contributed by atoms with Crippen molar-refractivity contribution in [3.8, 4) is 0 Å². The molecule has 0 spiro atoms. The van der Waals surface area contributed by atoms with Crippen LogP contribution in [-0.4, -0.2) is 35.6 Å². The first kappa shape index (κ1) is 13.2. The van der Waals surface area contributed by atoms with Gasteiger partial charge in [-0.15, -0.1) is 0 Å². The van der Waals surface area contributed by atoms with Gasteiger partial charge in [0.05, 0.1) is 4.99 Å². The topological polar surface area (TPSA) is 58.4 Å². The zero-order valence-corrected chi connectivity index (χ0v) is 10.7. The summed E-state index contributed by atoms with van der Waals surface area (Å²) in [5.41, 5.74) is 5.38. The van der Waals surface area contributed by atoms with Crippen molar-refractivity contribution in [3.05, 3.63) is 0 Å². The number of thiocarbonyl (C=S) groups is 1. The van der Waals surface area contributed by atoms with Crippen molar-refractivity contribution < 1.29 is 4.79 Å². The van der Waals surface area contributed by atoms with Crippen LogP contribution in [0.15, 0.2) is 0 Å². The van der Waals surface area contributed by atoms with E-state index in [0.29, 0.717) is 23.9 Å². The van der Waals surface area contributed by atoms with Crippen LogP contribution in [0.5, 0.6) is 0 Å². The molecule has 0 radical (unpaired) electrons. The van der Waals surface area contributed by atoms with Gasteiger partial charge in [0.25, 0.3) is 0 Å². The lowest BCUT2D eigenvalue weighted by Gasteiger charge is -2.30. The number of hydrogen-bond acceptors (Lipinski definition) is 2. The van der Waals surface area contributed by atoms with Crippen molar-refractivity contribution in [2.75, 3.05) is 19.6 Å². The molecular formula is C11H21N3OS. The first-order valence-corrected chi connectivity index (χ1v) is 6.31. The molecule has 1 rings (SSSR count). The summed E-state index contributed by atoms with van der Waals surface area (Å²) < 4.78 is 0. The van der Waals surface area contributed by atoms with Crippen LogP contribution in [0.25, 0.3) is 0 Å². The van der Waals surface area contributed by atoms with E-state index in [9.17, 15) is 4.79 Å². The normalized spacial score (nSPS) is 20.6. The Kier molecular flexibility index (Phi) is 5.52. The van der Waals surface area contributed by atoms with Crippen LogP contribution in [0.1, 0.15) is 32.6 Å². The van der Waals surface area contributed by atoms with Gasteiger partial charge in [-0.3, -0.25) is 0 Å². The Morgan fingerprint density at radius 3 is 3.00 bits per heavy atom. The quantitative estimate of drug-likeness (QED) is 0.581. The third-order valence-corrected chi connectivity index (χ3v) is 3.02. The van der Waals surface area contributed by atoms with Crippen LogP contribution >= 0.6 is 12.2 Å². The van der Waals surface area contributed by atoms with E-state index in [2.05, 4.69) is 12.2 Å². The van der Waals surface area contributed by atoms with E-state index >= 15 is 0 Å². The summed E-state index contributed by atoms with van der Waals surface area (Å²) in [7, 11) is 0. The molecule has 0 saturated carbocycles. The minimum atomic E-state index is 0.0505. The van der Waals surface area contributed by atoms with E-state index < -0.39 is 0 Å². The minimum absolute atomic E-state index is 0.0505. The van der Waals surface area contributed by atoms with Gasteiger partial charge in [0.15, 0.2) is 0 Å². The average Bonchev–Trinajstić information content (AvgIpc) is 2.24. The number of rotatable bonds is 4. The van der Waals surface area contributed by atoms with E-state index in [1.807, 2.05) is 4.90 Å². The van der Waals surface area contributed by atoms with Crippen molar-refractivity contribution in [1.29, 1.82) is 0 Å². The molecule has 1 fully saturated rings. The Labute approximate surface area is 103 Å². The number of nitrogens with zero attached hydrogens (tertiary/aromatic N) is 1. The van der Waals surface area contributed by atoms with Crippen molar-refractivity contribution in [3.63, 3.8) is 0 Å². The maximum Gasteiger partial charge on any atom is 0.317 e. The minimum Gasteiger partial charge on any atom is -0.393 e. The van der Waals surface area contributed by atoms with E-state index in [1.54, 1.807) is 0 Å². The average molecular weight is 243 g/mol. The summed E-state index contributed by atoms with van der Waals surface area (Å²) in [6, 6.07) is 0.0505. The smallest absolute Gasteiger partial charge is 0.317 e. The lowest BCUT2D eigenvalue weighted by Crippen LogP contribution is -2.45. The highest BCUT2D eigenvalue weighted by Crippen LogP contribution is 2.15. The summed E-state index contributed by atoms with van der Waals surface area (Å²) >= 11 is 4.77. The van der Waals surface area contributed by atoms with Gasteiger partial charge in [-0.1, -0.05) is 19.1 Å². The first-order valence-electron chi connectivity index (χ1n) is 5.90. The van der Waals surface area contributed by atoms with Gasteiger partial charge < -0.3 is 16.0 Å². The monoisotopic (exact) mass is 243 g/mol. The SMILES string of the molecule is CC1CCCN(C(=O)NCCCC(N)=S)C1. The number of piperidine rings is 1. The molecule has 3 N–H and O–H groups in total. The highest BCUT2D eigenvalue weighted by molar-refractivity contribution is 7.80. The van der Waals surface area contributed by atoms with Gasteiger partial charge in [0.1, 0.15) is 0 Å². The summed E-state index contributed by atoms with van der Waals surface area (Å²) in [5.74, 6) is 0.621. The number of carbonyl (C=O) groups excluding carboxylic acids is 1. The van der Waals surface area contributed by atoms with Crippen LogP contribution in [-0.2, 0) is 0 Å². The van der Waals surface area contributed by atoms with Crippen LogP contribution in [0.4, 0.5) is 4.79 Å². The van der Waals surface area contributed by atoms with Crippen LogP contribution in [0, 0.1) is 5.92 Å². The van der Waals surface area contributed by atoms with Gasteiger partial charge in [-0.2, -0.15) is 0 Å². The predicted molar refractivity (Wildman–Crippen MR) is 69.4 cm³/mol. The maximum absolute atomic E-state index is 11.7. The van der Waals surface area contributed by atoms with E-state index in [-0.39, 0.29) is 6.03 Å². The Hall–Kier alpha value is -0.840. The molecule has 16 heavy (non-hydrogen) atoms. The molecule has 1 aliphatic heterocycles. The second kappa shape index (κ2) is 6.68. The van der Waals surface area contributed by atoms with Crippen molar-refractivity contribution >= 4 is 23.2 Å². The number of urea groups is 1. The lowest BCUT2D eigenvalue weighted by molar-refractivity contribution is 0.170. The highest BCUT2D eigenvalue weighted by Gasteiger charge is 2.20. The molecule has 0 aromatic rings. The number of carbonyl (C=O) groups is 1. The first-order chi connectivity index (χ1) is 7.59. The molecule has 92 valence electrons. The predicted octanol–water partition coefficient (Wildman–Crippen LogP) is 1.49. The second-order valence-corrected chi connectivity index (χ2v) is 5.02. The molecule has 0 aliphatic carbocycles. The summed E-state index contributed by atoms with van der Waals surface area (Å²) in [4.78, 5) is 14.2. The lowest BCUT2D eigenvalue weighted by atomic mass is 10.0. The molecule has 1 unspecified atom stereocenters. The highest BCUT2D eigenvalue weighted by atomic mass is 32.1. The number of nitrogens with one attached hydrogen (secondary N) is 1. The Morgan fingerprint density at radius 1 is 1.62 bits per heavy atom. The molecule has 1 saturated heterocycles. The summed E-state index contributed by atoms with van der Waals surface area (Å²) in [6.07, 6.45) is 3.86. The van der Waals surface area contributed by atoms with E-state index in [4.69, 9.17) is 18.0 Å². The summed E-state index contributed by atoms with van der Waals surface area (Å²) in [6.45, 7) is 4.60. The Morgan fingerprint density at radius 2 is 2.38 bits per heavy atom. The zero-order chi connectivity index (χ0) is 12.0. The zero-order valence-electron chi connectivity index (χ0n) is 9.87. The number of hydrogen-bond donors (Lipinski definition) is 2. The van der Waals surface area contributed by atoms with Gasteiger partial charge in [0, 0.05) is 19.6 Å². The molecule has 0 aromatic heterocycles. The van der Waals surface area contributed by atoms with Gasteiger partial charge in [0.2, 0.25) is 0 Å². The number of nitrogens with two attached hydrogens (primary N) is 1. The van der Waals surface area contributed by atoms with E-state index in [1.165, 1.54) is 6.42 Å². The van der Waals surface area contributed by atoms with E-state index in [0.717, 1.165) is 25.9 Å². The van der Waals surface area contributed by atoms with Crippen molar-refractivity contribution in [2.45, 2.75) is 32.6 Å². The fourth-order valence-corrected chi connectivity index (χ4v) is 2.09. The molecule has 2 amide bonds. The molecule has 0 bridgehead atoms.